The van der Waals surface area contributed by atoms with Crippen molar-refractivity contribution in [3.05, 3.63) is 11.9 Å². The Hall–Kier alpha value is -1.40. The monoisotopic (exact) mass is 292 g/mol. The summed E-state index contributed by atoms with van der Waals surface area (Å²) in [7, 11) is 2.18. The highest BCUT2D eigenvalue weighted by Crippen LogP contribution is 2.26. The molecule has 2 heterocycles. The lowest BCUT2D eigenvalue weighted by Crippen LogP contribution is -2.55. The van der Waals surface area contributed by atoms with Crippen LogP contribution in [0.3, 0.4) is 0 Å². The highest BCUT2D eigenvalue weighted by Gasteiger charge is 2.28. The SMILES string of the molecule is CC1CN(c2cc(NN)nc(C(C)(C)C)n2)CC(C)N1C. The van der Waals surface area contributed by atoms with E-state index in [0.29, 0.717) is 17.9 Å². The van der Waals surface area contributed by atoms with E-state index in [2.05, 4.69) is 61.9 Å². The van der Waals surface area contributed by atoms with Gasteiger partial charge in [-0.3, -0.25) is 4.90 Å². The molecule has 0 amide bonds. The van der Waals surface area contributed by atoms with Gasteiger partial charge in [-0.1, -0.05) is 20.8 Å². The number of nitrogens with two attached hydrogens (primary N) is 1. The predicted octanol–water partition coefficient (Wildman–Crippen LogP) is 1.59. The smallest absolute Gasteiger partial charge is 0.145 e. The van der Waals surface area contributed by atoms with Gasteiger partial charge in [0, 0.05) is 36.7 Å². The second-order valence-electron chi connectivity index (χ2n) is 7.10. The normalized spacial score (nSPS) is 24.2. The van der Waals surface area contributed by atoms with E-state index in [-0.39, 0.29) is 5.41 Å². The molecule has 3 N–H and O–H groups in total. The number of hydrogen-bond acceptors (Lipinski definition) is 6. The summed E-state index contributed by atoms with van der Waals surface area (Å²) >= 11 is 0. The molecule has 2 unspecified atom stereocenters. The van der Waals surface area contributed by atoms with Crippen LogP contribution in [0.4, 0.5) is 11.6 Å². The molecule has 0 aromatic carbocycles. The van der Waals surface area contributed by atoms with Crippen molar-refractivity contribution >= 4 is 11.6 Å². The van der Waals surface area contributed by atoms with Crippen molar-refractivity contribution in [3.63, 3.8) is 0 Å². The van der Waals surface area contributed by atoms with E-state index in [1.54, 1.807) is 0 Å². The van der Waals surface area contributed by atoms with E-state index in [0.717, 1.165) is 24.7 Å². The molecule has 0 spiro atoms. The van der Waals surface area contributed by atoms with E-state index in [9.17, 15) is 0 Å². The average molecular weight is 292 g/mol. The Bertz CT molecular complexity index is 483. The van der Waals surface area contributed by atoms with Gasteiger partial charge >= 0.3 is 0 Å². The fraction of sp³-hybridized carbons (Fsp3) is 0.733. The minimum Gasteiger partial charge on any atom is -0.353 e. The molecule has 6 nitrogen and oxygen atoms in total. The summed E-state index contributed by atoms with van der Waals surface area (Å²) in [5.41, 5.74) is 2.56. The summed E-state index contributed by atoms with van der Waals surface area (Å²) in [6.07, 6.45) is 0. The molecule has 0 bridgehead atoms. The van der Waals surface area contributed by atoms with Crippen LogP contribution in [-0.4, -0.2) is 47.1 Å². The van der Waals surface area contributed by atoms with Crippen LogP contribution in [0.5, 0.6) is 0 Å². The molecule has 21 heavy (non-hydrogen) atoms. The van der Waals surface area contributed by atoms with Crippen molar-refractivity contribution < 1.29 is 0 Å². The maximum Gasteiger partial charge on any atom is 0.145 e. The number of likely N-dealkylation sites (N-methyl/N-ethyl adjacent to an activating group) is 1. The molecular formula is C15H28N6. The van der Waals surface area contributed by atoms with Crippen LogP contribution in [0.2, 0.25) is 0 Å². The zero-order valence-corrected chi connectivity index (χ0v) is 14.0. The Kier molecular flexibility index (Phi) is 4.39. The molecule has 118 valence electrons. The van der Waals surface area contributed by atoms with E-state index in [1.165, 1.54) is 0 Å². The fourth-order valence-corrected chi connectivity index (χ4v) is 2.60. The number of anilines is 2. The molecule has 0 saturated carbocycles. The van der Waals surface area contributed by atoms with Crippen LogP contribution in [-0.2, 0) is 5.41 Å². The van der Waals surface area contributed by atoms with Gasteiger partial charge < -0.3 is 10.3 Å². The van der Waals surface area contributed by atoms with Crippen LogP contribution in [0.25, 0.3) is 0 Å². The first-order valence-electron chi connectivity index (χ1n) is 7.55. The van der Waals surface area contributed by atoms with Crippen LogP contribution < -0.4 is 16.2 Å². The Morgan fingerprint density at radius 1 is 1.19 bits per heavy atom. The Morgan fingerprint density at radius 2 is 1.76 bits per heavy atom. The maximum absolute atomic E-state index is 5.57. The molecule has 1 aliphatic heterocycles. The maximum atomic E-state index is 5.57. The first-order chi connectivity index (χ1) is 9.72. The number of nitrogen functional groups attached to an aromatic ring is 1. The summed E-state index contributed by atoms with van der Waals surface area (Å²) in [5, 5.41) is 0. The number of nitrogens with zero attached hydrogens (tertiary/aromatic N) is 4. The van der Waals surface area contributed by atoms with Crippen LogP contribution in [0.1, 0.15) is 40.4 Å². The summed E-state index contributed by atoms with van der Waals surface area (Å²) in [4.78, 5) is 14.0. The topological polar surface area (TPSA) is 70.3 Å². The molecule has 2 rings (SSSR count). The van der Waals surface area contributed by atoms with Gasteiger partial charge in [-0.2, -0.15) is 0 Å². The fourth-order valence-electron chi connectivity index (χ4n) is 2.60. The first-order valence-corrected chi connectivity index (χ1v) is 7.55. The van der Waals surface area contributed by atoms with E-state index >= 15 is 0 Å². The summed E-state index contributed by atoms with van der Waals surface area (Å²) in [5.74, 6) is 8.01. The van der Waals surface area contributed by atoms with Gasteiger partial charge in [0.05, 0.1) is 0 Å². The highest BCUT2D eigenvalue weighted by atomic mass is 15.3. The molecular weight excluding hydrogens is 264 g/mol. The molecule has 1 aromatic heterocycles. The number of rotatable bonds is 2. The van der Waals surface area contributed by atoms with Crippen molar-refractivity contribution in [3.8, 4) is 0 Å². The third kappa shape index (κ3) is 3.44. The van der Waals surface area contributed by atoms with Crippen molar-refractivity contribution in [2.75, 3.05) is 30.5 Å². The standard InChI is InChI=1S/C15H28N6/c1-10-8-21(9-11(2)20(10)6)13-7-12(19-16)17-14(18-13)15(3,4)5/h7,10-11H,8-9,16H2,1-6H3,(H,17,18,19). The van der Waals surface area contributed by atoms with Gasteiger partial charge in [-0.15, -0.1) is 0 Å². The number of nitrogens with one attached hydrogen (secondary N) is 1. The lowest BCUT2D eigenvalue weighted by Gasteiger charge is -2.43. The zero-order chi connectivity index (χ0) is 15.8. The van der Waals surface area contributed by atoms with Crippen LogP contribution in [0, 0.1) is 0 Å². The van der Waals surface area contributed by atoms with Gasteiger partial charge in [-0.05, 0) is 20.9 Å². The third-order valence-corrected chi connectivity index (χ3v) is 4.22. The average Bonchev–Trinajstić information content (AvgIpc) is 2.42. The summed E-state index contributed by atoms with van der Waals surface area (Å²) < 4.78 is 0. The van der Waals surface area contributed by atoms with Gasteiger partial charge in [-0.25, -0.2) is 15.8 Å². The Balaban J connectivity index is 2.35. The lowest BCUT2D eigenvalue weighted by atomic mass is 9.95. The highest BCUT2D eigenvalue weighted by molar-refractivity contribution is 5.50. The predicted molar refractivity (Wildman–Crippen MR) is 87.4 cm³/mol. The molecule has 0 radical (unpaired) electrons. The van der Waals surface area contributed by atoms with Gasteiger partial charge in [0.1, 0.15) is 17.5 Å². The molecule has 1 aromatic rings. The van der Waals surface area contributed by atoms with Crippen LogP contribution >= 0.6 is 0 Å². The molecule has 6 heteroatoms. The first kappa shape index (κ1) is 16.0. The lowest BCUT2D eigenvalue weighted by molar-refractivity contribution is 0.169. The van der Waals surface area contributed by atoms with Gasteiger partial charge in [0.15, 0.2) is 0 Å². The summed E-state index contributed by atoms with van der Waals surface area (Å²) in [6.45, 7) is 12.8. The number of aromatic nitrogens is 2. The molecule has 1 fully saturated rings. The second kappa shape index (κ2) is 5.77. The number of piperazine rings is 1. The molecule has 1 saturated heterocycles. The van der Waals surface area contributed by atoms with Crippen molar-refractivity contribution in [1.82, 2.24) is 14.9 Å². The second-order valence-corrected chi connectivity index (χ2v) is 7.10. The van der Waals surface area contributed by atoms with E-state index in [1.807, 2.05) is 6.07 Å². The zero-order valence-electron chi connectivity index (χ0n) is 14.0. The van der Waals surface area contributed by atoms with Gasteiger partial charge in [0.25, 0.3) is 0 Å². The third-order valence-electron chi connectivity index (χ3n) is 4.22. The molecule has 1 aliphatic rings. The van der Waals surface area contributed by atoms with Crippen molar-refractivity contribution in [1.29, 1.82) is 0 Å². The minimum atomic E-state index is -0.106. The molecule has 0 aliphatic carbocycles. The Morgan fingerprint density at radius 3 is 2.24 bits per heavy atom. The van der Waals surface area contributed by atoms with Crippen molar-refractivity contribution in [2.24, 2.45) is 5.84 Å². The van der Waals surface area contributed by atoms with E-state index in [4.69, 9.17) is 10.8 Å². The van der Waals surface area contributed by atoms with Crippen LogP contribution in [0.15, 0.2) is 6.07 Å². The van der Waals surface area contributed by atoms with Gasteiger partial charge in [0.2, 0.25) is 0 Å². The minimum absolute atomic E-state index is 0.106. The largest absolute Gasteiger partial charge is 0.353 e. The van der Waals surface area contributed by atoms with Crippen molar-refractivity contribution in [2.45, 2.75) is 52.1 Å². The quantitative estimate of drug-likeness (QED) is 0.637. The van der Waals surface area contributed by atoms with E-state index < -0.39 is 0 Å². The molecule has 2 atom stereocenters. The summed E-state index contributed by atoms with van der Waals surface area (Å²) in [6, 6.07) is 2.92. The number of hydrazine groups is 1. The number of hydrogen-bond donors (Lipinski definition) is 2. The Labute approximate surface area is 127 Å².